The summed E-state index contributed by atoms with van der Waals surface area (Å²) in [6, 6.07) is 9.84. The molecule has 3 N–H and O–H groups in total. The van der Waals surface area contributed by atoms with Crippen LogP contribution in [-0.2, 0) is 4.79 Å². The number of aliphatic carboxylic acids is 1. The summed E-state index contributed by atoms with van der Waals surface area (Å²) >= 11 is 0. The van der Waals surface area contributed by atoms with Crippen LogP contribution < -0.4 is 5.32 Å². The molecule has 2 heterocycles. The number of fused-ring (bicyclic) bond motifs is 1. The molecule has 0 saturated carbocycles. The van der Waals surface area contributed by atoms with Crippen LogP contribution in [0.3, 0.4) is 0 Å². The quantitative estimate of drug-likeness (QED) is 0.641. The highest BCUT2D eigenvalue weighted by Gasteiger charge is 2.29. The van der Waals surface area contributed by atoms with Gasteiger partial charge in [0.25, 0.3) is 5.91 Å². The summed E-state index contributed by atoms with van der Waals surface area (Å²) in [6.07, 6.45) is 0.530. The zero-order chi connectivity index (χ0) is 19.7. The molecule has 1 amide bonds. The first-order valence-electron chi connectivity index (χ1n) is 8.55. The Kier molecular flexibility index (Phi) is 4.96. The van der Waals surface area contributed by atoms with Crippen LogP contribution >= 0.6 is 0 Å². The lowest BCUT2D eigenvalue weighted by atomic mass is 10.1. The molecule has 3 aromatic rings. The normalized spacial score (nSPS) is 13.3. The molecule has 140 valence electrons. The van der Waals surface area contributed by atoms with Gasteiger partial charge in [0.1, 0.15) is 17.0 Å². The number of aliphatic hydroxyl groups excluding tert-OH is 1. The molecule has 0 radical (unpaired) electrons. The molecule has 7 heteroatoms. The van der Waals surface area contributed by atoms with Crippen LogP contribution in [0.1, 0.15) is 28.5 Å². The fourth-order valence-corrected chi connectivity index (χ4v) is 2.88. The van der Waals surface area contributed by atoms with Crippen LogP contribution in [0.4, 0.5) is 0 Å². The molecule has 0 fully saturated rings. The number of aromatic nitrogens is 2. The fourth-order valence-electron chi connectivity index (χ4n) is 2.88. The van der Waals surface area contributed by atoms with Crippen LogP contribution in [0.15, 0.2) is 42.6 Å². The van der Waals surface area contributed by atoms with Gasteiger partial charge in [0, 0.05) is 11.8 Å². The molecular formula is C20H21N3O4. The van der Waals surface area contributed by atoms with Gasteiger partial charge < -0.3 is 15.5 Å². The number of aryl methyl sites for hydroxylation is 2. The molecule has 0 spiro atoms. The number of carbonyl (C=O) groups is 2. The maximum atomic E-state index is 13.0. The van der Waals surface area contributed by atoms with E-state index in [1.54, 1.807) is 16.7 Å². The smallest absolute Gasteiger partial charge is 0.328 e. The summed E-state index contributed by atoms with van der Waals surface area (Å²) in [5.74, 6) is -1.92. The second-order valence-electron chi connectivity index (χ2n) is 6.64. The van der Waals surface area contributed by atoms with E-state index in [0.717, 1.165) is 16.7 Å². The Morgan fingerprint density at radius 1 is 1.07 bits per heavy atom. The molecule has 2 unspecified atom stereocenters. The molecule has 1 aromatic carbocycles. The zero-order valence-electron chi connectivity index (χ0n) is 15.3. The lowest BCUT2D eigenvalue weighted by Gasteiger charge is -2.17. The minimum absolute atomic E-state index is 0.226. The van der Waals surface area contributed by atoms with E-state index in [9.17, 15) is 19.8 Å². The van der Waals surface area contributed by atoms with E-state index in [4.69, 9.17) is 0 Å². The van der Waals surface area contributed by atoms with Crippen LogP contribution in [0.5, 0.6) is 0 Å². The van der Waals surface area contributed by atoms with Crippen LogP contribution in [0.25, 0.3) is 16.9 Å². The molecule has 0 aliphatic heterocycles. The van der Waals surface area contributed by atoms with Gasteiger partial charge in [0.2, 0.25) is 0 Å². The molecular weight excluding hydrogens is 346 g/mol. The average molecular weight is 367 g/mol. The van der Waals surface area contributed by atoms with Crippen molar-refractivity contribution < 1.29 is 19.8 Å². The van der Waals surface area contributed by atoms with Crippen LogP contribution in [0, 0.1) is 13.8 Å². The number of nitrogens with one attached hydrogen (secondary N) is 1. The summed E-state index contributed by atoms with van der Waals surface area (Å²) in [4.78, 5) is 28.9. The molecule has 7 nitrogen and oxygen atoms in total. The number of aliphatic hydroxyl groups is 1. The summed E-state index contributed by atoms with van der Waals surface area (Å²) < 4.78 is 1.64. The Hall–Kier alpha value is -3.19. The maximum Gasteiger partial charge on any atom is 0.328 e. The number of carbonyl (C=O) groups excluding carboxylic acids is 1. The topological polar surface area (TPSA) is 104 Å². The van der Waals surface area contributed by atoms with Gasteiger partial charge in [-0.05, 0) is 32.4 Å². The fraction of sp³-hybridized carbons (Fsp3) is 0.250. The van der Waals surface area contributed by atoms with Gasteiger partial charge in [0.15, 0.2) is 6.04 Å². The SMILES string of the molecule is Cc1ccc(-c2nc3ccc(C)cn3c2C(=O)NC(C(=O)O)C(C)O)cc1. The minimum atomic E-state index is -1.42. The molecule has 0 saturated heterocycles. The predicted octanol–water partition coefficient (Wildman–Crippen LogP) is 2.18. The first-order chi connectivity index (χ1) is 12.8. The van der Waals surface area contributed by atoms with Crippen molar-refractivity contribution in [3.05, 3.63) is 59.4 Å². The van der Waals surface area contributed by atoms with Crippen molar-refractivity contribution in [3.63, 3.8) is 0 Å². The van der Waals surface area contributed by atoms with Crippen LogP contribution in [0.2, 0.25) is 0 Å². The van der Waals surface area contributed by atoms with Crippen molar-refractivity contribution in [3.8, 4) is 11.3 Å². The van der Waals surface area contributed by atoms with E-state index >= 15 is 0 Å². The third kappa shape index (κ3) is 3.68. The number of amides is 1. The number of rotatable bonds is 5. The number of pyridine rings is 1. The van der Waals surface area contributed by atoms with Gasteiger partial charge >= 0.3 is 5.97 Å². The molecule has 0 aliphatic rings. The van der Waals surface area contributed by atoms with Crippen molar-refractivity contribution in [1.29, 1.82) is 0 Å². The monoisotopic (exact) mass is 367 g/mol. The van der Waals surface area contributed by atoms with E-state index in [1.165, 1.54) is 6.92 Å². The Labute approximate surface area is 156 Å². The number of nitrogens with zero attached hydrogens (tertiary/aromatic N) is 2. The molecule has 0 bridgehead atoms. The summed E-state index contributed by atoms with van der Waals surface area (Å²) in [6.45, 7) is 5.17. The highest BCUT2D eigenvalue weighted by molar-refractivity contribution is 6.01. The number of hydrogen-bond donors (Lipinski definition) is 3. The highest BCUT2D eigenvalue weighted by atomic mass is 16.4. The first kappa shape index (κ1) is 18.6. The van der Waals surface area contributed by atoms with Gasteiger partial charge in [-0.2, -0.15) is 0 Å². The van der Waals surface area contributed by atoms with Gasteiger partial charge in [0.05, 0.1) is 6.10 Å². The first-order valence-corrected chi connectivity index (χ1v) is 8.55. The van der Waals surface area contributed by atoms with Crippen molar-refractivity contribution in [2.45, 2.75) is 32.9 Å². The summed E-state index contributed by atoms with van der Waals surface area (Å²) in [5, 5.41) is 21.4. The number of hydrogen-bond acceptors (Lipinski definition) is 4. The number of carboxylic acid groups (broad SMARTS) is 1. The molecule has 0 aliphatic carbocycles. The van der Waals surface area contributed by atoms with Gasteiger partial charge in [-0.3, -0.25) is 9.20 Å². The number of imidazole rings is 1. The second-order valence-corrected chi connectivity index (χ2v) is 6.64. The Balaban J connectivity index is 2.15. The molecule has 3 rings (SSSR count). The minimum Gasteiger partial charge on any atom is -0.480 e. The number of benzene rings is 1. The van der Waals surface area contributed by atoms with Gasteiger partial charge in [-0.1, -0.05) is 35.9 Å². The summed E-state index contributed by atoms with van der Waals surface area (Å²) in [5.41, 5.74) is 4.00. The molecule has 27 heavy (non-hydrogen) atoms. The van der Waals surface area contributed by atoms with E-state index in [2.05, 4.69) is 10.3 Å². The zero-order valence-corrected chi connectivity index (χ0v) is 15.3. The van der Waals surface area contributed by atoms with Crippen molar-refractivity contribution in [2.75, 3.05) is 0 Å². The van der Waals surface area contributed by atoms with Gasteiger partial charge in [-0.15, -0.1) is 0 Å². The summed E-state index contributed by atoms with van der Waals surface area (Å²) in [7, 11) is 0. The molecule has 2 aromatic heterocycles. The standard InChI is InChI=1S/C20H21N3O4/c1-11-4-7-14(8-5-11)17-18(19(25)22-16(13(3)24)20(26)27)23-10-12(2)6-9-15(23)21-17/h4-10,13,16,24H,1-3H3,(H,22,25)(H,26,27). The van der Waals surface area contributed by atoms with Crippen molar-refractivity contribution in [1.82, 2.24) is 14.7 Å². The van der Waals surface area contributed by atoms with E-state index < -0.39 is 24.0 Å². The third-order valence-corrected chi connectivity index (χ3v) is 4.34. The Morgan fingerprint density at radius 2 is 1.70 bits per heavy atom. The van der Waals surface area contributed by atoms with E-state index in [1.807, 2.05) is 44.2 Å². The highest BCUT2D eigenvalue weighted by Crippen LogP contribution is 2.25. The predicted molar refractivity (Wildman–Crippen MR) is 101 cm³/mol. The largest absolute Gasteiger partial charge is 0.480 e. The van der Waals surface area contributed by atoms with E-state index in [0.29, 0.717) is 11.3 Å². The second kappa shape index (κ2) is 7.20. The lowest BCUT2D eigenvalue weighted by molar-refractivity contribution is -0.141. The van der Waals surface area contributed by atoms with Crippen molar-refractivity contribution in [2.24, 2.45) is 0 Å². The maximum absolute atomic E-state index is 13.0. The van der Waals surface area contributed by atoms with E-state index in [-0.39, 0.29) is 5.69 Å². The lowest BCUT2D eigenvalue weighted by Crippen LogP contribution is -2.48. The van der Waals surface area contributed by atoms with Crippen molar-refractivity contribution >= 4 is 17.5 Å². The Bertz CT molecular complexity index is 1010. The average Bonchev–Trinajstić information content (AvgIpc) is 2.98. The van der Waals surface area contributed by atoms with Gasteiger partial charge in [-0.25, -0.2) is 9.78 Å². The Morgan fingerprint density at radius 3 is 2.30 bits per heavy atom. The third-order valence-electron chi connectivity index (χ3n) is 4.34. The van der Waals surface area contributed by atoms with Crippen LogP contribution in [-0.4, -0.2) is 43.6 Å². The number of carboxylic acids is 1. The molecule has 2 atom stereocenters.